The number of amides is 1. The van der Waals surface area contributed by atoms with E-state index in [0.29, 0.717) is 12.1 Å². The molecule has 0 bridgehead atoms. The number of thiophene rings is 2. The normalized spacial score (nSPS) is 17.1. The first-order valence-corrected chi connectivity index (χ1v) is 9.16. The summed E-state index contributed by atoms with van der Waals surface area (Å²) < 4.78 is 13.1. The summed E-state index contributed by atoms with van der Waals surface area (Å²) in [5.74, 6) is -0.365. The van der Waals surface area contributed by atoms with E-state index >= 15 is 0 Å². The maximum Gasteiger partial charge on any atom is 0.254 e. The second kappa shape index (κ2) is 5.91. The van der Waals surface area contributed by atoms with Gasteiger partial charge in [0.15, 0.2) is 0 Å². The number of carbonyl (C=O) groups is 1. The monoisotopic (exact) mass is 343 g/mol. The van der Waals surface area contributed by atoms with E-state index in [9.17, 15) is 9.18 Å². The Kier molecular flexibility index (Phi) is 3.75. The van der Waals surface area contributed by atoms with Gasteiger partial charge in [-0.1, -0.05) is 6.07 Å². The van der Waals surface area contributed by atoms with Crippen LogP contribution in [0.25, 0.3) is 0 Å². The Labute approximate surface area is 141 Å². The van der Waals surface area contributed by atoms with Crippen LogP contribution < -0.4 is 0 Å². The fourth-order valence-corrected chi connectivity index (χ4v) is 4.81. The van der Waals surface area contributed by atoms with E-state index in [2.05, 4.69) is 17.5 Å². The fraction of sp³-hybridized carbons (Fsp3) is 0.167. The van der Waals surface area contributed by atoms with E-state index in [1.165, 1.54) is 27.5 Å². The number of hydrogen-bond acceptors (Lipinski definition) is 3. The van der Waals surface area contributed by atoms with Crippen molar-refractivity contribution in [2.75, 3.05) is 6.54 Å². The Bertz CT molecular complexity index is 823. The maximum absolute atomic E-state index is 13.1. The minimum Gasteiger partial charge on any atom is -0.326 e. The molecule has 23 heavy (non-hydrogen) atoms. The number of benzene rings is 1. The Morgan fingerprint density at radius 1 is 1.09 bits per heavy atom. The van der Waals surface area contributed by atoms with Crippen molar-refractivity contribution in [3.8, 4) is 0 Å². The van der Waals surface area contributed by atoms with Crippen molar-refractivity contribution in [1.82, 2.24) is 4.90 Å². The van der Waals surface area contributed by atoms with Crippen LogP contribution in [0.4, 0.5) is 4.39 Å². The smallest absolute Gasteiger partial charge is 0.254 e. The molecule has 1 aliphatic rings. The maximum atomic E-state index is 13.1. The van der Waals surface area contributed by atoms with E-state index in [4.69, 9.17) is 0 Å². The lowest BCUT2D eigenvalue weighted by Gasteiger charge is -2.35. The largest absolute Gasteiger partial charge is 0.326 e. The molecule has 1 unspecified atom stereocenters. The summed E-state index contributed by atoms with van der Waals surface area (Å²) in [5, 5.41) is 4.13. The standard InChI is InChI=1S/C18H14FNOS2/c19-13-5-3-12(4-6-13)18(21)20-9-7-15-14(8-11-23-15)17(20)16-2-1-10-22-16/h1-6,8,10-11,17H,7,9H2. The Morgan fingerprint density at radius 3 is 2.65 bits per heavy atom. The Balaban J connectivity index is 1.75. The molecule has 0 saturated carbocycles. The highest BCUT2D eigenvalue weighted by atomic mass is 32.1. The van der Waals surface area contributed by atoms with Gasteiger partial charge in [0.25, 0.3) is 5.91 Å². The summed E-state index contributed by atoms with van der Waals surface area (Å²) in [6.07, 6.45) is 0.877. The van der Waals surface area contributed by atoms with E-state index in [-0.39, 0.29) is 17.8 Å². The molecule has 4 rings (SSSR count). The lowest BCUT2D eigenvalue weighted by atomic mass is 9.97. The second-order valence-electron chi connectivity index (χ2n) is 5.47. The van der Waals surface area contributed by atoms with Crippen LogP contribution in [0.3, 0.4) is 0 Å². The number of nitrogens with zero attached hydrogens (tertiary/aromatic N) is 1. The van der Waals surface area contributed by atoms with Crippen molar-refractivity contribution in [3.05, 3.63) is 79.9 Å². The van der Waals surface area contributed by atoms with Crippen molar-refractivity contribution >= 4 is 28.6 Å². The third kappa shape index (κ3) is 2.60. The lowest BCUT2D eigenvalue weighted by molar-refractivity contribution is 0.0698. The third-order valence-electron chi connectivity index (χ3n) is 4.13. The number of hydrogen-bond donors (Lipinski definition) is 0. The van der Waals surface area contributed by atoms with Crippen LogP contribution in [0.2, 0.25) is 0 Å². The van der Waals surface area contributed by atoms with Crippen molar-refractivity contribution in [2.45, 2.75) is 12.5 Å². The lowest BCUT2D eigenvalue weighted by Crippen LogP contribution is -2.39. The predicted molar refractivity (Wildman–Crippen MR) is 91.6 cm³/mol. The first-order chi connectivity index (χ1) is 11.2. The molecular weight excluding hydrogens is 329 g/mol. The van der Waals surface area contributed by atoms with Gasteiger partial charge in [-0.3, -0.25) is 4.79 Å². The Hall–Kier alpha value is -1.98. The van der Waals surface area contributed by atoms with Gasteiger partial charge in [-0.25, -0.2) is 4.39 Å². The van der Waals surface area contributed by atoms with Crippen LogP contribution in [-0.4, -0.2) is 17.4 Å². The summed E-state index contributed by atoms with van der Waals surface area (Å²) in [5.41, 5.74) is 1.76. The molecule has 0 N–H and O–H groups in total. The number of halogens is 1. The van der Waals surface area contributed by atoms with Crippen molar-refractivity contribution in [2.24, 2.45) is 0 Å². The van der Waals surface area contributed by atoms with Gasteiger partial charge in [0.05, 0.1) is 6.04 Å². The van der Waals surface area contributed by atoms with Gasteiger partial charge in [-0.2, -0.15) is 0 Å². The van der Waals surface area contributed by atoms with Gasteiger partial charge in [-0.15, -0.1) is 22.7 Å². The highest BCUT2D eigenvalue weighted by molar-refractivity contribution is 7.10. The van der Waals surface area contributed by atoms with Crippen LogP contribution >= 0.6 is 22.7 Å². The van der Waals surface area contributed by atoms with Gasteiger partial charge >= 0.3 is 0 Å². The summed E-state index contributed by atoms with van der Waals surface area (Å²) in [4.78, 5) is 17.4. The molecule has 1 aromatic carbocycles. The molecule has 1 amide bonds. The molecule has 0 aliphatic carbocycles. The first kappa shape index (κ1) is 14.6. The van der Waals surface area contributed by atoms with Gasteiger partial charge in [0.2, 0.25) is 0 Å². The fourth-order valence-electron chi connectivity index (χ4n) is 3.05. The van der Waals surface area contributed by atoms with Gasteiger partial charge in [-0.05, 0) is 59.1 Å². The van der Waals surface area contributed by atoms with Crippen molar-refractivity contribution < 1.29 is 9.18 Å². The third-order valence-corrected chi connectivity index (χ3v) is 6.05. The number of fused-ring (bicyclic) bond motifs is 1. The summed E-state index contributed by atoms with van der Waals surface area (Å²) in [6.45, 7) is 0.687. The van der Waals surface area contributed by atoms with E-state index in [1.807, 2.05) is 16.3 Å². The molecule has 0 spiro atoms. The Morgan fingerprint density at radius 2 is 1.91 bits per heavy atom. The summed E-state index contributed by atoms with van der Waals surface area (Å²) in [6, 6.07) is 12.0. The minimum atomic E-state index is -0.324. The van der Waals surface area contributed by atoms with Crippen LogP contribution in [0.5, 0.6) is 0 Å². The first-order valence-electron chi connectivity index (χ1n) is 7.40. The molecular formula is C18H14FNOS2. The van der Waals surface area contributed by atoms with Gasteiger partial charge < -0.3 is 4.90 Å². The zero-order chi connectivity index (χ0) is 15.8. The van der Waals surface area contributed by atoms with E-state index < -0.39 is 0 Å². The summed E-state index contributed by atoms with van der Waals surface area (Å²) >= 11 is 3.42. The van der Waals surface area contributed by atoms with Crippen LogP contribution in [0.1, 0.15) is 31.7 Å². The van der Waals surface area contributed by atoms with E-state index in [0.717, 1.165) is 6.42 Å². The molecule has 3 heterocycles. The van der Waals surface area contributed by atoms with Gasteiger partial charge in [0.1, 0.15) is 5.82 Å². The minimum absolute atomic E-state index is 0.0393. The molecule has 3 aromatic rings. The quantitative estimate of drug-likeness (QED) is 0.658. The van der Waals surface area contributed by atoms with Crippen molar-refractivity contribution in [3.63, 3.8) is 0 Å². The molecule has 0 radical (unpaired) electrons. The molecule has 1 atom stereocenters. The van der Waals surface area contributed by atoms with Crippen LogP contribution in [-0.2, 0) is 6.42 Å². The highest BCUT2D eigenvalue weighted by Gasteiger charge is 2.33. The number of rotatable bonds is 2. The van der Waals surface area contributed by atoms with Crippen molar-refractivity contribution in [1.29, 1.82) is 0 Å². The highest BCUT2D eigenvalue weighted by Crippen LogP contribution is 2.40. The molecule has 2 nitrogen and oxygen atoms in total. The molecule has 1 aliphatic heterocycles. The van der Waals surface area contributed by atoms with Gasteiger partial charge in [0, 0.05) is 21.9 Å². The van der Waals surface area contributed by atoms with Crippen LogP contribution in [0.15, 0.2) is 53.2 Å². The molecule has 116 valence electrons. The SMILES string of the molecule is O=C(c1ccc(F)cc1)N1CCc2sccc2C1c1cccs1. The number of carbonyl (C=O) groups excluding carboxylic acids is 1. The molecule has 0 fully saturated rings. The zero-order valence-electron chi connectivity index (χ0n) is 12.2. The average molecular weight is 343 g/mol. The predicted octanol–water partition coefficient (Wildman–Crippen LogP) is 4.74. The topological polar surface area (TPSA) is 20.3 Å². The molecule has 2 aromatic heterocycles. The van der Waals surface area contributed by atoms with Crippen LogP contribution in [0, 0.1) is 5.82 Å². The second-order valence-corrected chi connectivity index (χ2v) is 7.45. The van der Waals surface area contributed by atoms with E-state index in [1.54, 1.807) is 34.8 Å². The molecule has 0 saturated heterocycles. The molecule has 5 heteroatoms. The summed E-state index contributed by atoms with van der Waals surface area (Å²) in [7, 11) is 0. The zero-order valence-corrected chi connectivity index (χ0v) is 13.9. The average Bonchev–Trinajstić information content (AvgIpc) is 3.25.